The maximum Gasteiger partial charge on any atom is 0.420 e. The molecule has 0 spiro atoms. The summed E-state index contributed by atoms with van der Waals surface area (Å²) < 4.78 is 6.69. The summed E-state index contributed by atoms with van der Waals surface area (Å²) in [5.74, 6) is -0.355. The quantitative estimate of drug-likeness (QED) is 0.795. The summed E-state index contributed by atoms with van der Waals surface area (Å²) in [6.07, 6.45) is 5.97. The van der Waals surface area contributed by atoms with Crippen LogP contribution in [0.5, 0.6) is 0 Å². The summed E-state index contributed by atoms with van der Waals surface area (Å²) in [6, 6.07) is 6.50. The third kappa shape index (κ3) is 3.95. The Kier molecular flexibility index (Phi) is 5.74. The molecule has 1 aromatic carbocycles. The number of para-hydroxylation sites is 2. The van der Waals surface area contributed by atoms with Crippen LogP contribution in [0.3, 0.4) is 0 Å². The van der Waals surface area contributed by atoms with Crippen molar-refractivity contribution in [3.05, 3.63) is 34.8 Å². The zero-order valence-electron chi connectivity index (χ0n) is 17.0. The van der Waals surface area contributed by atoms with Crippen LogP contribution in [-0.2, 0) is 9.59 Å². The second-order valence-electron chi connectivity index (χ2n) is 8.22. The van der Waals surface area contributed by atoms with E-state index in [1.165, 1.54) is 17.4 Å². The Morgan fingerprint density at radius 3 is 2.31 bits per heavy atom. The lowest BCUT2D eigenvalue weighted by Crippen LogP contribution is -2.46. The summed E-state index contributed by atoms with van der Waals surface area (Å²) in [5, 5.41) is 0. The second kappa shape index (κ2) is 8.43. The molecule has 2 saturated heterocycles. The number of oxazole rings is 1. The number of likely N-dealkylation sites (tertiary alicyclic amines) is 2. The van der Waals surface area contributed by atoms with Gasteiger partial charge >= 0.3 is 5.76 Å². The summed E-state index contributed by atoms with van der Waals surface area (Å²) in [4.78, 5) is 42.0. The van der Waals surface area contributed by atoms with Crippen molar-refractivity contribution >= 4 is 22.9 Å². The lowest BCUT2D eigenvalue weighted by molar-refractivity contribution is -0.142. The Morgan fingerprint density at radius 2 is 1.62 bits per heavy atom. The van der Waals surface area contributed by atoms with Gasteiger partial charge in [0.1, 0.15) is 6.04 Å². The average Bonchev–Trinajstić information content (AvgIpc) is 2.91. The fraction of sp³-hybridized carbons (Fsp3) is 0.591. The predicted molar refractivity (Wildman–Crippen MR) is 110 cm³/mol. The SMILES string of the molecule is CC(C(=O)N1CCC(C(=O)N2CCCCCC2)CC1)n1c(=O)oc2ccccc21. The number of nitrogens with zero attached hydrogens (tertiary/aromatic N) is 3. The van der Waals surface area contributed by atoms with E-state index in [2.05, 4.69) is 0 Å². The summed E-state index contributed by atoms with van der Waals surface area (Å²) in [5.41, 5.74) is 1.11. The van der Waals surface area contributed by atoms with Crippen molar-refractivity contribution in [3.63, 3.8) is 0 Å². The highest BCUT2D eigenvalue weighted by Gasteiger charge is 2.33. The highest BCUT2D eigenvalue weighted by Crippen LogP contribution is 2.24. The Hall–Kier alpha value is -2.57. The first-order valence-corrected chi connectivity index (χ1v) is 10.7. The highest BCUT2D eigenvalue weighted by molar-refractivity contribution is 5.84. The number of carbonyl (C=O) groups excluding carboxylic acids is 2. The van der Waals surface area contributed by atoms with E-state index in [-0.39, 0.29) is 17.7 Å². The van der Waals surface area contributed by atoms with Gasteiger partial charge in [-0.15, -0.1) is 0 Å². The maximum atomic E-state index is 13.0. The molecule has 0 radical (unpaired) electrons. The first-order chi connectivity index (χ1) is 14.1. The molecular weight excluding hydrogens is 370 g/mol. The number of hydrogen-bond acceptors (Lipinski definition) is 4. The van der Waals surface area contributed by atoms with Gasteiger partial charge in [0.05, 0.1) is 5.52 Å². The first kappa shape index (κ1) is 19.7. The van der Waals surface area contributed by atoms with Gasteiger partial charge in [-0.05, 0) is 44.7 Å². The summed E-state index contributed by atoms with van der Waals surface area (Å²) in [6.45, 7) is 4.58. The van der Waals surface area contributed by atoms with Crippen molar-refractivity contribution in [2.45, 2.75) is 51.5 Å². The van der Waals surface area contributed by atoms with Crippen molar-refractivity contribution in [2.24, 2.45) is 5.92 Å². The van der Waals surface area contributed by atoms with Crippen LogP contribution in [0.4, 0.5) is 0 Å². The molecule has 7 heteroatoms. The summed E-state index contributed by atoms with van der Waals surface area (Å²) >= 11 is 0. The molecule has 29 heavy (non-hydrogen) atoms. The second-order valence-corrected chi connectivity index (χ2v) is 8.22. The molecule has 2 fully saturated rings. The fourth-order valence-corrected chi connectivity index (χ4v) is 4.62. The van der Waals surface area contributed by atoms with E-state index in [1.807, 2.05) is 11.0 Å². The standard InChI is InChI=1S/C22H29N3O4/c1-16(25-18-8-4-5-9-19(18)29-22(25)28)20(26)24-14-10-17(11-15-24)21(27)23-12-6-2-3-7-13-23/h4-5,8-9,16-17H,2-3,6-7,10-15H2,1H3. The smallest absolute Gasteiger partial charge is 0.408 e. The van der Waals surface area contributed by atoms with E-state index in [0.29, 0.717) is 37.0 Å². The average molecular weight is 399 g/mol. The van der Waals surface area contributed by atoms with E-state index in [1.54, 1.807) is 30.0 Å². The lowest BCUT2D eigenvalue weighted by atomic mass is 9.94. The normalized spacial score (nSPS) is 19.9. The van der Waals surface area contributed by atoms with Gasteiger partial charge in [-0.25, -0.2) is 4.79 Å². The highest BCUT2D eigenvalue weighted by atomic mass is 16.4. The van der Waals surface area contributed by atoms with Gasteiger partial charge in [-0.1, -0.05) is 25.0 Å². The molecule has 2 amide bonds. The molecule has 0 bridgehead atoms. The molecule has 1 atom stereocenters. The molecule has 0 N–H and O–H groups in total. The van der Waals surface area contributed by atoms with Gasteiger partial charge in [0.15, 0.2) is 5.58 Å². The first-order valence-electron chi connectivity index (χ1n) is 10.7. The molecular formula is C22H29N3O4. The van der Waals surface area contributed by atoms with Crippen molar-refractivity contribution in [1.82, 2.24) is 14.4 Å². The van der Waals surface area contributed by atoms with Crippen LogP contribution < -0.4 is 5.76 Å². The minimum absolute atomic E-state index is 0.00457. The number of amides is 2. The van der Waals surface area contributed by atoms with Crippen LogP contribution in [0.1, 0.15) is 51.5 Å². The van der Waals surface area contributed by atoms with E-state index in [0.717, 1.165) is 25.9 Å². The van der Waals surface area contributed by atoms with Crippen LogP contribution in [0, 0.1) is 5.92 Å². The van der Waals surface area contributed by atoms with E-state index in [4.69, 9.17) is 4.42 Å². The number of hydrogen-bond donors (Lipinski definition) is 0. The van der Waals surface area contributed by atoms with Crippen LogP contribution in [0.15, 0.2) is 33.5 Å². The summed E-state index contributed by atoms with van der Waals surface area (Å²) in [7, 11) is 0. The number of piperidine rings is 1. The molecule has 0 saturated carbocycles. The number of benzene rings is 1. The predicted octanol–water partition coefficient (Wildman–Crippen LogP) is 2.80. The Bertz CT molecular complexity index is 931. The maximum absolute atomic E-state index is 13.0. The fourth-order valence-electron chi connectivity index (χ4n) is 4.62. The van der Waals surface area contributed by atoms with Gasteiger partial charge in [0.2, 0.25) is 11.8 Å². The van der Waals surface area contributed by atoms with Gasteiger partial charge in [-0.2, -0.15) is 0 Å². The molecule has 1 unspecified atom stereocenters. The number of rotatable bonds is 3. The van der Waals surface area contributed by atoms with Crippen molar-refractivity contribution in [1.29, 1.82) is 0 Å². The largest absolute Gasteiger partial charge is 0.420 e. The monoisotopic (exact) mass is 399 g/mol. The Labute approximate surface area is 170 Å². The number of carbonyl (C=O) groups is 2. The van der Waals surface area contributed by atoms with Gasteiger partial charge in [-0.3, -0.25) is 14.2 Å². The van der Waals surface area contributed by atoms with Crippen LogP contribution in [0.2, 0.25) is 0 Å². The molecule has 2 aliphatic heterocycles. The van der Waals surface area contributed by atoms with Crippen molar-refractivity contribution < 1.29 is 14.0 Å². The van der Waals surface area contributed by atoms with E-state index in [9.17, 15) is 14.4 Å². The topological polar surface area (TPSA) is 75.8 Å². The van der Waals surface area contributed by atoms with Gasteiger partial charge in [0.25, 0.3) is 0 Å². The molecule has 1 aromatic heterocycles. The zero-order valence-corrected chi connectivity index (χ0v) is 17.0. The molecule has 3 heterocycles. The molecule has 7 nitrogen and oxygen atoms in total. The zero-order chi connectivity index (χ0) is 20.4. The molecule has 4 rings (SSSR count). The van der Waals surface area contributed by atoms with Crippen LogP contribution >= 0.6 is 0 Å². The van der Waals surface area contributed by atoms with Crippen molar-refractivity contribution in [3.8, 4) is 0 Å². The molecule has 2 aliphatic rings. The third-order valence-electron chi connectivity index (χ3n) is 6.34. The molecule has 0 aliphatic carbocycles. The molecule has 156 valence electrons. The van der Waals surface area contributed by atoms with Gasteiger partial charge < -0.3 is 14.2 Å². The lowest BCUT2D eigenvalue weighted by Gasteiger charge is -2.35. The van der Waals surface area contributed by atoms with Gasteiger partial charge in [0, 0.05) is 32.1 Å². The van der Waals surface area contributed by atoms with Crippen molar-refractivity contribution in [2.75, 3.05) is 26.2 Å². The van der Waals surface area contributed by atoms with E-state index >= 15 is 0 Å². The molecule has 2 aromatic rings. The number of aromatic nitrogens is 1. The minimum atomic E-state index is -0.635. The van der Waals surface area contributed by atoms with Crippen LogP contribution in [0.25, 0.3) is 11.1 Å². The third-order valence-corrected chi connectivity index (χ3v) is 6.34. The minimum Gasteiger partial charge on any atom is -0.408 e. The van der Waals surface area contributed by atoms with Crippen LogP contribution in [-0.4, -0.2) is 52.4 Å². The Morgan fingerprint density at radius 1 is 0.966 bits per heavy atom. The number of fused-ring (bicyclic) bond motifs is 1. The Balaban J connectivity index is 1.40. The van der Waals surface area contributed by atoms with E-state index < -0.39 is 11.8 Å².